The minimum atomic E-state index is -0.270. The van der Waals surface area contributed by atoms with Crippen LogP contribution in [-0.4, -0.2) is 5.91 Å². The lowest BCUT2D eigenvalue weighted by Crippen LogP contribution is -2.32. The van der Waals surface area contributed by atoms with Gasteiger partial charge in [-0.2, -0.15) is 5.26 Å². The Hall–Kier alpha value is -2.77. The van der Waals surface area contributed by atoms with Crippen molar-refractivity contribution in [3.63, 3.8) is 0 Å². The van der Waals surface area contributed by atoms with E-state index in [1.165, 1.54) is 11.1 Å². The van der Waals surface area contributed by atoms with Crippen molar-refractivity contribution in [2.45, 2.75) is 0 Å². The molecule has 1 heterocycles. The topological polar surface area (TPSA) is 56.1 Å². The normalized spacial score (nSPS) is 12.8. The maximum absolute atomic E-state index is 12.7. The number of allylic oxidation sites excluding steroid dienone is 1. The molecular formula is C16H10ClN3O. The maximum Gasteiger partial charge on any atom is 0.263 e. The number of carbonyl (C=O) groups is 1. The summed E-state index contributed by atoms with van der Waals surface area (Å²) in [6.07, 6.45) is 1.52. The number of hydrogen-bond acceptors (Lipinski definition) is 3. The van der Waals surface area contributed by atoms with E-state index in [4.69, 9.17) is 11.6 Å². The zero-order valence-electron chi connectivity index (χ0n) is 10.9. The lowest BCUT2D eigenvalue weighted by Gasteiger charge is -2.27. The Balaban J connectivity index is 2.07. The smallest absolute Gasteiger partial charge is 0.263 e. The highest BCUT2D eigenvalue weighted by atomic mass is 35.5. The van der Waals surface area contributed by atoms with E-state index in [0.29, 0.717) is 16.3 Å². The molecule has 2 aromatic rings. The van der Waals surface area contributed by atoms with Gasteiger partial charge < -0.3 is 5.32 Å². The molecule has 0 saturated carbocycles. The van der Waals surface area contributed by atoms with Gasteiger partial charge in [-0.15, -0.1) is 0 Å². The number of carbonyl (C=O) groups excluding carboxylic acids is 1. The standard InChI is InChI=1S/C16H10ClN3O/c17-12-7-5-11(6-8-12)16(21)20-13(9-18)10-19-14-3-1-2-4-15(14)20/h1-8,10,19H. The minimum absolute atomic E-state index is 0.244. The first-order valence-electron chi connectivity index (χ1n) is 6.26. The van der Waals surface area contributed by atoms with Crippen molar-refractivity contribution >= 4 is 28.9 Å². The van der Waals surface area contributed by atoms with Gasteiger partial charge in [0.05, 0.1) is 11.4 Å². The van der Waals surface area contributed by atoms with Gasteiger partial charge in [-0.05, 0) is 36.4 Å². The number of nitrogens with zero attached hydrogens (tertiary/aromatic N) is 2. The highest BCUT2D eigenvalue weighted by Gasteiger charge is 2.26. The third-order valence-corrected chi connectivity index (χ3v) is 3.41. The van der Waals surface area contributed by atoms with Crippen LogP contribution < -0.4 is 10.2 Å². The van der Waals surface area contributed by atoms with E-state index in [1.807, 2.05) is 24.3 Å². The number of fused-ring (bicyclic) bond motifs is 1. The van der Waals surface area contributed by atoms with E-state index in [2.05, 4.69) is 5.32 Å². The molecule has 5 heteroatoms. The van der Waals surface area contributed by atoms with Crippen LogP contribution in [0.1, 0.15) is 10.4 Å². The molecule has 0 spiro atoms. The number of halogens is 1. The SMILES string of the molecule is N#CC1=CNc2ccccc2N1C(=O)c1ccc(Cl)cc1. The summed E-state index contributed by atoms with van der Waals surface area (Å²) in [5.74, 6) is -0.270. The minimum Gasteiger partial charge on any atom is -0.357 e. The Morgan fingerprint density at radius 1 is 1.14 bits per heavy atom. The van der Waals surface area contributed by atoms with Gasteiger partial charge in [-0.25, -0.2) is 0 Å². The number of nitrogens with one attached hydrogen (secondary N) is 1. The van der Waals surface area contributed by atoms with Crippen LogP contribution >= 0.6 is 11.6 Å². The number of anilines is 2. The van der Waals surface area contributed by atoms with Gasteiger partial charge in [0.15, 0.2) is 0 Å². The summed E-state index contributed by atoms with van der Waals surface area (Å²) in [6, 6.07) is 16.0. The molecular weight excluding hydrogens is 286 g/mol. The molecule has 0 saturated heterocycles. The Kier molecular flexibility index (Phi) is 3.35. The highest BCUT2D eigenvalue weighted by molar-refractivity contribution is 6.30. The van der Waals surface area contributed by atoms with Crippen LogP contribution in [0.5, 0.6) is 0 Å². The van der Waals surface area contributed by atoms with Crippen molar-refractivity contribution in [1.29, 1.82) is 5.26 Å². The second-order valence-electron chi connectivity index (χ2n) is 4.45. The number of benzene rings is 2. The molecule has 102 valence electrons. The van der Waals surface area contributed by atoms with Gasteiger partial charge >= 0.3 is 0 Å². The quantitative estimate of drug-likeness (QED) is 0.871. The lowest BCUT2D eigenvalue weighted by atomic mass is 10.1. The van der Waals surface area contributed by atoms with E-state index in [1.54, 1.807) is 30.3 Å². The van der Waals surface area contributed by atoms with Crippen LogP contribution in [0, 0.1) is 11.3 Å². The molecule has 4 nitrogen and oxygen atoms in total. The van der Waals surface area contributed by atoms with E-state index >= 15 is 0 Å². The molecule has 21 heavy (non-hydrogen) atoms. The van der Waals surface area contributed by atoms with Crippen LogP contribution in [-0.2, 0) is 0 Å². The van der Waals surface area contributed by atoms with Gasteiger partial charge in [0.25, 0.3) is 5.91 Å². The zero-order chi connectivity index (χ0) is 14.8. The molecule has 0 bridgehead atoms. The van der Waals surface area contributed by atoms with Crippen molar-refractivity contribution in [3.05, 3.63) is 71.0 Å². The van der Waals surface area contributed by atoms with Crippen molar-refractivity contribution < 1.29 is 4.79 Å². The molecule has 0 fully saturated rings. The molecule has 1 aliphatic heterocycles. The largest absolute Gasteiger partial charge is 0.357 e. The fourth-order valence-electron chi connectivity index (χ4n) is 2.15. The average Bonchev–Trinajstić information content (AvgIpc) is 2.53. The first-order valence-corrected chi connectivity index (χ1v) is 6.64. The van der Waals surface area contributed by atoms with Gasteiger partial charge in [-0.1, -0.05) is 23.7 Å². The predicted octanol–water partition coefficient (Wildman–Crippen LogP) is 3.78. The van der Waals surface area contributed by atoms with Crippen molar-refractivity contribution in [1.82, 2.24) is 0 Å². The Morgan fingerprint density at radius 2 is 1.86 bits per heavy atom. The number of rotatable bonds is 1. The number of nitriles is 1. The molecule has 0 atom stereocenters. The maximum atomic E-state index is 12.7. The summed E-state index contributed by atoms with van der Waals surface area (Å²) < 4.78 is 0. The van der Waals surface area contributed by atoms with Gasteiger partial charge in [0, 0.05) is 16.8 Å². The second kappa shape index (κ2) is 5.31. The highest BCUT2D eigenvalue weighted by Crippen LogP contribution is 2.33. The third kappa shape index (κ3) is 2.35. The lowest BCUT2D eigenvalue weighted by molar-refractivity contribution is 0.0995. The molecule has 0 unspecified atom stereocenters. The summed E-state index contributed by atoms with van der Waals surface area (Å²) >= 11 is 5.84. The molecule has 0 aromatic heterocycles. The van der Waals surface area contributed by atoms with Crippen LogP contribution in [0.2, 0.25) is 5.02 Å². The predicted molar refractivity (Wildman–Crippen MR) is 82.0 cm³/mol. The number of para-hydroxylation sites is 2. The Morgan fingerprint density at radius 3 is 2.57 bits per heavy atom. The van der Waals surface area contributed by atoms with E-state index in [-0.39, 0.29) is 11.6 Å². The zero-order valence-corrected chi connectivity index (χ0v) is 11.6. The second-order valence-corrected chi connectivity index (χ2v) is 4.89. The first kappa shape index (κ1) is 13.2. The number of amides is 1. The summed E-state index contributed by atoms with van der Waals surface area (Å²) in [4.78, 5) is 14.1. The summed E-state index contributed by atoms with van der Waals surface area (Å²) in [5.41, 5.74) is 2.14. The van der Waals surface area contributed by atoms with Crippen LogP contribution in [0.15, 0.2) is 60.4 Å². The fourth-order valence-corrected chi connectivity index (χ4v) is 2.28. The summed E-state index contributed by atoms with van der Waals surface area (Å²) in [7, 11) is 0. The van der Waals surface area contributed by atoms with E-state index < -0.39 is 0 Å². The van der Waals surface area contributed by atoms with Crippen molar-refractivity contribution in [2.75, 3.05) is 10.2 Å². The van der Waals surface area contributed by atoms with E-state index in [9.17, 15) is 10.1 Å². The molecule has 0 aliphatic carbocycles. The van der Waals surface area contributed by atoms with Crippen molar-refractivity contribution in [2.24, 2.45) is 0 Å². The average molecular weight is 296 g/mol. The molecule has 3 rings (SSSR count). The molecule has 0 radical (unpaired) electrons. The Bertz CT molecular complexity index is 775. The first-order chi connectivity index (χ1) is 10.2. The van der Waals surface area contributed by atoms with Crippen LogP contribution in [0.4, 0.5) is 11.4 Å². The van der Waals surface area contributed by atoms with Gasteiger partial charge in [0.2, 0.25) is 0 Å². The van der Waals surface area contributed by atoms with E-state index in [0.717, 1.165) is 5.69 Å². The van der Waals surface area contributed by atoms with Crippen molar-refractivity contribution in [3.8, 4) is 6.07 Å². The fraction of sp³-hybridized carbons (Fsp3) is 0. The molecule has 1 amide bonds. The molecule has 1 aliphatic rings. The summed E-state index contributed by atoms with van der Waals surface area (Å²) in [6.45, 7) is 0. The molecule has 1 N–H and O–H groups in total. The summed E-state index contributed by atoms with van der Waals surface area (Å²) in [5, 5.41) is 12.8. The van der Waals surface area contributed by atoms with Crippen LogP contribution in [0.25, 0.3) is 0 Å². The third-order valence-electron chi connectivity index (χ3n) is 3.16. The Labute approximate surface area is 126 Å². The van der Waals surface area contributed by atoms with Gasteiger partial charge in [0.1, 0.15) is 11.8 Å². The van der Waals surface area contributed by atoms with Crippen LogP contribution in [0.3, 0.4) is 0 Å². The molecule has 2 aromatic carbocycles. The monoisotopic (exact) mass is 295 g/mol. The van der Waals surface area contributed by atoms with Gasteiger partial charge in [-0.3, -0.25) is 9.69 Å². The number of hydrogen-bond donors (Lipinski definition) is 1.